The SMILES string of the molecule is CC(C)Oc1ccc(-c2nn(Cc3cccc(OCc4ccccc4)c3)c(=O)o2)cc1Cl.CNC(=O)N(Cc1cccc(OCc2ccccc2)c1)NC(=O)c1ccc(OC(C)C)c(Cl)c1. The maximum Gasteiger partial charge on any atom is 0.437 e. The van der Waals surface area contributed by atoms with Crippen molar-refractivity contribution in [1.82, 2.24) is 25.5 Å². The molecule has 0 saturated carbocycles. The van der Waals surface area contributed by atoms with Gasteiger partial charge in [-0.3, -0.25) is 10.2 Å². The summed E-state index contributed by atoms with van der Waals surface area (Å²) in [4.78, 5) is 37.6. The highest BCUT2D eigenvalue weighted by molar-refractivity contribution is 6.32. The van der Waals surface area contributed by atoms with Crippen molar-refractivity contribution in [2.45, 2.75) is 66.2 Å². The average Bonchev–Trinajstić information content (AvgIpc) is 3.68. The van der Waals surface area contributed by atoms with E-state index in [1.807, 2.05) is 137 Å². The van der Waals surface area contributed by atoms with Gasteiger partial charge in [-0.15, -0.1) is 5.10 Å². The lowest BCUT2D eigenvalue weighted by Crippen LogP contribution is -2.49. The molecule has 0 aliphatic carbocycles. The van der Waals surface area contributed by atoms with Crippen LogP contribution in [0.3, 0.4) is 0 Å². The Kier molecular flexibility index (Phi) is 17.3. The minimum atomic E-state index is -0.547. The van der Waals surface area contributed by atoms with Gasteiger partial charge in [0.1, 0.15) is 36.2 Å². The summed E-state index contributed by atoms with van der Waals surface area (Å²) < 4.78 is 29.6. The van der Waals surface area contributed by atoms with Crippen LogP contribution in [0.5, 0.6) is 23.0 Å². The first kappa shape index (κ1) is 48.2. The van der Waals surface area contributed by atoms with Crippen LogP contribution in [-0.2, 0) is 26.3 Å². The molecule has 0 unspecified atom stereocenters. The molecule has 3 amide bonds. The Labute approximate surface area is 393 Å². The Balaban J connectivity index is 0.000000219. The van der Waals surface area contributed by atoms with Crippen LogP contribution >= 0.6 is 23.2 Å². The van der Waals surface area contributed by atoms with E-state index in [0.29, 0.717) is 51.6 Å². The van der Waals surface area contributed by atoms with Crippen LogP contribution in [0.2, 0.25) is 10.0 Å². The highest BCUT2D eigenvalue weighted by Gasteiger charge is 2.19. The van der Waals surface area contributed by atoms with Gasteiger partial charge in [-0.1, -0.05) is 108 Å². The minimum absolute atomic E-state index is 0.00271. The van der Waals surface area contributed by atoms with Crippen molar-refractivity contribution in [1.29, 1.82) is 0 Å². The lowest BCUT2D eigenvalue weighted by molar-refractivity contribution is 0.0818. The Morgan fingerprint density at radius 3 is 1.74 bits per heavy atom. The molecule has 0 fully saturated rings. The van der Waals surface area contributed by atoms with Crippen LogP contribution in [0.4, 0.5) is 4.79 Å². The molecule has 1 aromatic heterocycles. The van der Waals surface area contributed by atoms with E-state index in [1.54, 1.807) is 30.3 Å². The molecule has 15 heteroatoms. The molecule has 6 aromatic carbocycles. The first-order valence-corrected chi connectivity index (χ1v) is 21.9. The molecule has 7 aromatic rings. The van der Waals surface area contributed by atoms with Gasteiger partial charge in [0, 0.05) is 18.2 Å². The van der Waals surface area contributed by atoms with Gasteiger partial charge in [0.05, 0.1) is 35.3 Å². The molecule has 13 nitrogen and oxygen atoms in total. The highest BCUT2D eigenvalue weighted by atomic mass is 35.5. The second-order valence-electron chi connectivity index (χ2n) is 15.4. The molecular weight excluding hydrogens is 881 g/mol. The molecule has 0 bridgehead atoms. The lowest BCUT2D eigenvalue weighted by atomic mass is 10.2. The van der Waals surface area contributed by atoms with E-state index in [-0.39, 0.29) is 31.2 Å². The zero-order valence-corrected chi connectivity index (χ0v) is 38.7. The van der Waals surface area contributed by atoms with E-state index in [1.165, 1.54) is 22.8 Å². The summed E-state index contributed by atoms with van der Waals surface area (Å²) in [7, 11) is 1.50. The number of hydrazine groups is 1. The molecule has 0 atom stereocenters. The normalized spacial score (nSPS) is 10.7. The van der Waals surface area contributed by atoms with Crippen LogP contribution in [0.25, 0.3) is 11.5 Å². The molecule has 66 heavy (non-hydrogen) atoms. The Morgan fingerprint density at radius 2 is 1.20 bits per heavy atom. The zero-order chi connectivity index (χ0) is 47.0. The fraction of sp³-hybridized carbons (Fsp3) is 0.216. The molecule has 7 rings (SSSR count). The van der Waals surface area contributed by atoms with Crippen molar-refractivity contribution in [2.75, 3.05) is 7.05 Å². The largest absolute Gasteiger partial charge is 0.489 e. The molecule has 2 N–H and O–H groups in total. The third-order valence-corrected chi connectivity index (χ3v) is 9.96. The van der Waals surface area contributed by atoms with Gasteiger partial charge < -0.3 is 28.7 Å². The summed E-state index contributed by atoms with van der Waals surface area (Å²) in [6.45, 7) is 8.91. The predicted molar refractivity (Wildman–Crippen MR) is 255 cm³/mol. The maximum atomic E-state index is 12.8. The van der Waals surface area contributed by atoms with Crippen LogP contribution in [0.1, 0.15) is 60.3 Å². The molecule has 342 valence electrons. The van der Waals surface area contributed by atoms with E-state index in [0.717, 1.165) is 28.0 Å². The first-order valence-electron chi connectivity index (χ1n) is 21.2. The van der Waals surface area contributed by atoms with Crippen molar-refractivity contribution >= 4 is 35.1 Å². The summed E-state index contributed by atoms with van der Waals surface area (Å²) in [5.74, 6) is 1.62. The summed E-state index contributed by atoms with van der Waals surface area (Å²) >= 11 is 12.6. The Morgan fingerprint density at radius 1 is 0.667 bits per heavy atom. The number of benzene rings is 6. The summed E-state index contributed by atoms with van der Waals surface area (Å²) in [6.07, 6.45) is -0.0451. The van der Waals surface area contributed by atoms with Crippen molar-refractivity contribution < 1.29 is 33.0 Å². The number of rotatable bonds is 16. The number of carbonyl (C=O) groups excluding carboxylic acids is 2. The number of nitrogens with one attached hydrogen (secondary N) is 2. The number of amides is 3. The lowest BCUT2D eigenvalue weighted by Gasteiger charge is -2.23. The van der Waals surface area contributed by atoms with Gasteiger partial charge in [-0.25, -0.2) is 14.6 Å². The number of aromatic nitrogens is 2. The van der Waals surface area contributed by atoms with Gasteiger partial charge in [-0.2, -0.15) is 4.68 Å². The second-order valence-corrected chi connectivity index (χ2v) is 16.2. The fourth-order valence-electron chi connectivity index (χ4n) is 6.29. The number of ether oxygens (including phenoxy) is 4. The predicted octanol–water partition coefficient (Wildman–Crippen LogP) is 10.8. The molecule has 0 aliphatic heterocycles. The van der Waals surface area contributed by atoms with Crippen LogP contribution in [0, 0.1) is 0 Å². The van der Waals surface area contributed by atoms with Gasteiger partial charge in [0.25, 0.3) is 5.91 Å². The fourth-order valence-corrected chi connectivity index (χ4v) is 6.74. The molecule has 0 saturated heterocycles. The minimum Gasteiger partial charge on any atom is -0.489 e. The van der Waals surface area contributed by atoms with E-state index in [4.69, 9.17) is 46.6 Å². The van der Waals surface area contributed by atoms with Crippen molar-refractivity contribution in [3.05, 3.63) is 194 Å². The number of carbonyl (C=O) groups is 2. The van der Waals surface area contributed by atoms with E-state index >= 15 is 0 Å². The molecular formula is C51H51Cl2N5O8. The van der Waals surface area contributed by atoms with Crippen LogP contribution in [-0.4, -0.2) is 46.0 Å². The van der Waals surface area contributed by atoms with Crippen molar-refractivity contribution in [3.63, 3.8) is 0 Å². The number of hydrogen-bond donors (Lipinski definition) is 2. The summed E-state index contributed by atoms with van der Waals surface area (Å²) in [5.41, 5.74) is 7.33. The van der Waals surface area contributed by atoms with Crippen molar-refractivity contribution in [2.24, 2.45) is 0 Å². The monoisotopic (exact) mass is 931 g/mol. The van der Waals surface area contributed by atoms with Crippen LogP contribution < -0.4 is 35.4 Å². The van der Waals surface area contributed by atoms with Gasteiger partial charge in [0.2, 0.25) is 5.89 Å². The standard InChI is InChI=1S/C26H28ClN3O4.C25H23ClN2O4/c1-18(2)34-24-13-12-21(15-23(24)27)25(31)29-30(26(32)28-3)16-20-10-7-11-22(14-20)33-17-19-8-5-4-6-9-19;1-17(2)31-23-12-11-20(14-22(23)26)24-27-28(25(29)32-24)15-19-9-6-10-21(13-19)30-16-18-7-4-3-5-8-18/h4-15,18H,16-17H2,1-3H3,(H,28,32)(H,29,31);3-14,17H,15-16H2,1-2H3. The van der Waals surface area contributed by atoms with E-state index in [9.17, 15) is 14.4 Å². The quantitative estimate of drug-likeness (QED) is 0.0904. The number of halogens is 2. The Hall–Kier alpha value is -7.22. The van der Waals surface area contributed by atoms with Gasteiger partial charge in [-0.05, 0) is 111 Å². The average molecular weight is 933 g/mol. The molecule has 0 spiro atoms. The third-order valence-electron chi connectivity index (χ3n) is 9.37. The smallest absolute Gasteiger partial charge is 0.437 e. The summed E-state index contributed by atoms with van der Waals surface area (Å²) in [5, 5.41) is 8.81. The van der Waals surface area contributed by atoms with E-state index < -0.39 is 17.7 Å². The molecule has 0 aliphatic rings. The van der Waals surface area contributed by atoms with Gasteiger partial charge in [0.15, 0.2) is 0 Å². The zero-order valence-electron chi connectivity index (χ0n) is 37.2. The highest BCUT2D eigenvalue weighted by Crippen LogP contribution is 2.30. The number of nitrogens with zero attached hydrogens (tertiary/aromatic N) is 3. The van der Waals surface area contributed by atoms with Crippen LogP contribution in [0.15, 0.2) is 155 Å². The summed E-state index contributed by atoms with van der Waals surface area (Å²) in [6, 6.07) is 44.2. The number of hydrogen-bond acceptors (Lipinski definition) is 9. The van der Waals surface area contributed by atoms with Crippen molar-refractivity contribution in [3.8, 4) is 34.5 Å². The second kappa shape index (κ2) is 23.6. The molecule has 0 radical (unpaired) electrons. The first-order chi connectivity index (χ1) is 31.8. The van der Waals surface area contributed by atoms with E-state index in [2.05, 4.69) is 15.8 Å². The Bertz CT molecular complexity index is 2750. The van der Waals surface area contributed by atoms with Gasteiger partial charge >= 0.3 is 11.8 Å². The maximum absolute atomic E-state index is 12.8. The number of urea groups is 1. The topological polar surface area (TPSA) is 146 Å². The molecule has 1 heterocycles. The third kappa shape index (κ3) is 14.4.